The Morgan fingerprint density at radius 2 is 1.12 bits per heavy atom. The monoisotopic (exact) mass is 392 g/mol. The maximum absolute atomic E-state index is 7.06. The van der Waals surface area contributed by atoms with E-state index in [0.29, 0.717) is 26.4 Å². The number of benzene rings is 1. The Morgan fingerprint density at radius 1 is 0.792 bits per heavy atom. The molecule has 3 aliphatic rings. The topological polar surface area (TPSA) is 36.9 Å². The summed E-state index contributed by atoms with van der Waals surface area (Å²) >= 11 is 7.06. The van der Waals surface area contributed by atoms with Crippen LogP contribution in [0.15, 0.2) is 24.3 Å². The summed E-state index contributed by atoms with van der Waals surface area (Å²) in [7, 11) is -5.52. The van der Waals surface area contributed by atoms with Crippen LogP contribution in [0.5, 0.6) is 0 Å². The molecule has 136 valence electrons. The van der Waals surface area contributed by atoms with Crippen LogP contribution in [-0.4, -0.2) is 31.3 Å². The van der Waals surface area contributed by atoms with E-state index in [1.807, 2.05) is 12.1 Å². The van der Waals surface area contributed by atoms with Gasteiger partial charge in [-0.25, -0.2) is 0 Å². The molecule has 4 rings (SSSR count). The van der Waals surface area contributed by atoms with Gasteiger partial charge in [0, 0.05) is 0 Å². The van der Waals surface area contributed by atoms with Crippen LogP contribution < -0.4 is 10.6 Å². The first-order valence-electron chi connectivity index (χ1n) is 8.51. The number of hydrogen-bond donors (Lipinski definition) is 0. The molecule has 7 heteroatoms. The number of fused-ring (bicyclic) bond motifs is 3. The van der Waals surface area contributed by atoms with Gasteiger partial charge in [-0.1, -0.05) is 0 Å². The third-order valence-corrected chi connectivity index (χ3v) is 15.3. The molecule has 2 fully saturated rings. The van der Waals surface area contributed by atoms with Crippen LogP contribution in [0.4, 0.5) is 0 Å². The normalized spacial score (nSPS) is 34.6. The fourth-order valence-electron chi connectivity index (χ4n) is 3.59. The summed E-state index contributed by atoms with van der Waals surface area (Å²) in [6.45, 7) is 11.3. The van der Waals surface area contributed by atoms with Gasteiger partial charge in [-0.15, -0.1) is 0 Å². The van der Waals surface area contributed by atoms with Gasteiger partial charge in [-0.2, -0.15) is 0 Å². The second-order valence-electron chi connectivity index (χ2n) is 8.73. The SMILES string of the molecule is CC1(C)CO[PH]2(OC1)c1ccccc1[PH]1(OCC(C)(C)CO1)C2Cl. The first-order chi connectivity index (χ1) is 11.2. The second kappa shape index (κ2) is 5.60. The van der Waals surface area contributed by atoms with Gasteiger partial charge in [-0.05, 0) is 0 Å². The minimum atomic E-state index is -2.76. The molecule has 0 bridgehead atoms. The van der Waals surface area contributed by atoms with Crippen molar-refractivity contribution in [3.63, 3.8) is 0 Å². The van der Waals surface area contributed by atoms with Crippen LogP contribution in [0.3, 0.4) is 0 Å². The molecular formula is C17H27ClO4P2. The molecule has 24 heavy (non-hydrogen) atoms. The van der Waals surface area contributed by atoms with Crippen molar-refractivity contribution in [1.82, 2.24) is 0 Å². The number of rotatable bonds is 0. The maximum atomic E-state index is 7.06. The van der Waals surface area contributed by atoms with Crippen molar-refractivity contribution < 1.29 is 18.1 Å². The quantitative estimate of drug-likeness (QED) is 0.497. The van der Waals surface area contributed by atoms with Crippen LogP contribution in [-0.2, 0) is 18.1 Å². The van der Waals surface area contributed by atoms with E-state index < -0.39 is 15.4 Å². The van der Waals surface area contributed by atoms with E-state index in [-0.39, 0.29) is 15.7 Å². The Morgan fingerprint density at radius 3 is 1.46 bits per heavy atom. The first-order valence-corrected chi connectivity index (χ1v) is 12.7. The van der Waals surface area contributed by atoms with Crippen LogP contribution in [0.25, 0.3) is 0 Å². The van der Waals surface area contributed by atoms with Gasteiger partial charge in [-0.3, -0.25) is 0 Å². The van der Waals surface area contributed by atoms with Crippen molar-refractivity contribution in [3.05, 3.63) is 24.3 Å². The first kappa shape index (κ1) is 17.6. The van der Waals surface area contributed by atoms with Gasteiger partial charge < -0.3 is 0 Å². The van der Waals surface area contributed by atoms with E-state index in [9.17, 15) is 0 Å². The van der Waals surface area contributed by atoms with Crippen LogP contribution >= 0.6 is 27.0 Å². The summed E-state index contributed by atoms with van der Waals surface area (Å²) in [5, 5.41) is 2.23. The molecule has 4 nitrogen and oxygen atoms in total. The summed E-state index contributed by atoms with van der Waals surface area (Å²) in [6, 6.07) is 8.26. The molecule has 1 aromatic carbocycles. The van der Waals surface area contributed by atoms with Crippen LogP contribution in [0.2, 0.25) is 0 Å². The standard InChI is InChI=1S/C17H27ClO4P2/c1-16(2)9-19-23(20-10-16)13-7-5-6-8-14(13)24(15(23)18)21-11-17(3,4)12-22-24/h5-8,15,23-24H,9-12H2,1-4H3. The molecule has 0 aliphatic carbocycles. The van der Waals surface area contributed by atoms with Gasteiger partial charge in [0.15, 0.2) is 0 Å². The van der Waals surface area contributed by atoms with Gasteiger partial charge in [0.1, 0.15) is 0 Å². The molecule has 1 aromatic rings. The number of hydrogen-bond acceptors (Lipinski definition) is 4. The fourth-order valence-corrected chi connectivity index (χ4v) is 16.0. The zero-order valence-corrected chi connectivity index (χ0v) is 17.5. The van der Waals surface area contributed by atoms with E-state index in [2.05, 4.69) is 39.8 Å². The van der Waals surface area contributed by atoms with Gasteiger partial charge in [0.25, 0.3) is 0 Å². The number of halogens is 1. The van der Waals surface area contributed by atoms with Gasteiger partial charge in [0.05, 0.1) is 0 Å². The predicted octanol–water partition coefficient (Wildman–Crippen LogP) is 3.78. The average Bonchev–Trinajstić information content (AvgIpc) is 2.74. The molecule has 3 heterocycles. The van der Waals surface area contributed by atoms with Crippen molar-refractivity contribution in [2.24, 2.45) is 10.8 Å². The Bertz CT molecular complexity index is 589. The average molecular weight is 393 g/mol. The molecule has 0 N–H and O–H groups in total. The van der Waals surface area contributed by atoms with Crippen LogP contribution in [0, 0.1) is 10.8 Å². The van der Waals surface area contributed by atoms with Crippen LogP contribution in [0.1, 0.15) is 27.7 Å². The van der Waals surface area contributed by atoms with E-state index in [1.54, 1.807) is 0 Å². The Labute approximate surface area is 150 Å². The van der Waals surface area contributed by atoms with Crippen molar-refractivity contribution in [3.8, 4) is 0 Å². The van der Waals surface area contributed by atoms with Crippen molar-refractivity contribution in [2.45, 2.75) is 32.6 Å². The van der Waals surface area contributed by atoms with E-state index in [0.717, 1.165) is 10.6 Å². The second-order valence-corrected chi connectivity index (χ2v) is 16.5. The predicted molar refractivity (Wildman–Crippen MR) is 103 cm³/mol. The fraction of sp³-hybridized carbons (Fsp3) is 0.647. The van der Waals surface area contributed by atoms with E-state index in [4.69, 9.17) is 29.7 Å². The van der Waals surface area contributed by atoms with Crippen molar-refractivity contribution in [2.75, 3.05) is 26.4 Å². The summed E-state index contributed by atoms with van der Waals surface area (Å²) < 4.78 is 25.7. The molecule has 2 saturated heterocycles. The zero-order chi connectivity index (χ0) is 17.2. The molecule has 3 aliphatic heterocycles. The van der Waals surface area contributed by atoms with Gasteiger partial charge in [0.2, 0.25) is 0 Å². The third kappa shape index (κ3) is 2.50. The molecule has 0 unspecified atom stereocenters. The third-order valence-electron chi connectivity index (χ3n) is 5.05. The Hall–Kier alpha value is 0.210. The molecule has 0 atom stereocenters. The number of alkyl halides is 1. The molecule has 2 spiro atoms. The summed E-state index contributed by atoms with van der Waals surface area (Å²) in [4.78, 5) is -0.324. The van der Waals surface area contributed by atoms with Crippen molar-refractivity contribution >= 4 is 37.6 Å². The molecule has 0 aromatic heterocycles. The summed E-state index contributed by atoms with van der Waals surface area (Å²) in [6.07, 6.45) is 0. The Balaban J connectivity index is 1.77. The van der Waals surface area contributed by atoms with E-state index >= 15 is 0 Å². The molecule has 0 amide bonds. The molecule has 0 saturated carbocycles. The van der Waals surface area contributed by atoms with E-state index in [1.165, 1.54) is 0 Å². The zero-order valence-electron chi connectivity index (χ0n) is 14.7. The summed E-state index contributed by atoms with van der Waals surface area (Å²) in [5.41, 5.74) is 0.0226. The molecule has 0 radical (unpaired) electrons. The Kier molecular flexibility index (Phi) is 4.11. The minimum absolute atomic E-state index is 0.0113. The van der Waals surface area contributed by atoms with Crippen molar-refractivity contribution in [1.29, 1.82) is 0 Å². The molecular weight excluding hydrogens is 366 g/mol. The summed E-state index contributed by atoms with van der Waals surface area (Å²) in [5.74, 6) is 0. The van der Waals surface area contributed by atoms with Gasteiger partial charge >= 0.3 is 150 Å².